The molecule has 2 aromatic rings. The standard InChI is InChI=1S/C15H10ClN5OS/c16-12-4-3-10(8-18-12)9-20-6-1-2-11-13(20)19-14(22)21(11)15-17-5-7-23-15/h1-8H,9H2. The van der Waals surface area contributed by atoms with Crippen LogP contribution in [0.5, 0.6) is 0 Å². The third kappa shape index (κ3) is 2.54. The molecular weight excluding hydrogens is 334 g/mol. The molecule has 0 spiro atoms. The van der Waals surface area contributed by atoms with Gasteiger partial charge in [-0.15, -0.1) is 11.3 Å². The highest BCUT2D eigenvalue weighted by Crippen LogP contribution is 2.23. The highest BCUT2D eigenvalue weighted by atomic mass is 35.5. The maximum Gasteiger partial charge on any atom is 0.356 e. The molecule has 2 aliphatic rings. The van der Waals surface area contributed by atoms with Gasteiger partial charge in [0, 0.05) is 24.0 Å². The fraction of sp³-hybridized carbons (Fsp3) is 0.0667. The van der Waals surface area contributed by atoms with Crippen LogP contribution in [-0.2, 0) is 6.54 Å². The molecule has 6 nitrogen and oxygen atoms in total. The van der Waals surface area contributed by atoms with Gasteiger partial charge in [0.15, 0.2) is 11.0 Å². The number of thiazole rings is 1. The van der Waals surface area contributed by atoms with Crippen LogP contribution >= 0.6 is 22.9 Å². The Kier molecular flexibility index (Phi) is 3.44. The van der Waals surface area contributed by atoms with Crippen molar-refractivity contribution in [2.24, 2.45) is 0 Å². The van der Waals surface area contributed by atoms with Crippen LogP contribution in [-0.4, -0.2) is 24.1 Å². The van der Waals surface area contributed by atoms with Crippen molar-refractivity contribution < 1.29 is 0 Å². The Balaban J connectivity index is 1.79. The second-order valence-corrected chi connectivity index (χ2v) is 6.14. The number of aromatic nitrogens is 5. The van der Waals surface area contributed by atoms with Gasteiger partial charge in [-0.3, -0.25) is 0 Å². The minimum atomic E-state index is -0.330. The molecule has 114 valence electrons. The number of pyridine rings is 2. The molecule has 8 heteroatoms. The molecule has 23 heavy (non-hydrogen) atoms. The first-order valence-electron chi connectivity index (χ1n) is 6.80. The van der Waals surface area contributed by atoms with E-state index < -0.39 is 0 Å². The summed E-state index contributed by atoms with van der Waals surface area (Å²) in [4.78, 5) is 24.7. The fourth-order valence-corrected chi connectivity index (χ4v) is 3.16. The highest BCUT2D eigenvalue weighted by molar-refractivity contribution is 7.12. The Labute approximate surface area is 140 Å². The van der Waals surface area contributed by atoms with Crippen LogP contribution in [0.3, 0.4) is 0 Å². The second kappa shape index (κ2) is 5.60. The average Bonchev–Trinajstić information content (AvgIpc) is 3.16. The number of hydrogen-bond donors (Lipinski definition) is 0. The molecule has 4 heterocycles. The van der Waals surface area contributed by atoms with Crippen molar-refractivity contribution in [1.29, 1.82) is 0 Å². The van der Waals surface area contributed by atoms with Gasteiger partial charge in [0.25, 0.3) is 0 Å². The molecule has 4 rings (SSSR count). The van der Waals surface area contributed by atoms with E-state index in [9.17, 15) is 4.79 Å². The van der Waals surface area contributed by atoms with Gasteiger partial charge in [0.05, 0.1) is 12.2 Å². The molecule has 2 aliphatic heterocycles. The average molecular weight is 344 g/mol. The summed E-state index contributed by atoms with van der Waals surface area (Å²) in [5.41, 5.74) is 1.38. The first-order chi connectivity index (χ1) is 11.2. The molecule has 0 fully saturated rings. The number of hydrogen-bond acceptors (Lipinski definition) is 5. The molecule has 0 aromatic carbocycles. The van der Waals surface area contributed by atoms with Gasteiger partial charge < -0.3 is 4.57 Å². The molecular formula is C15H10ClN5OS. The number of rotatable bonds is 3. The SMILES string of the molecule is O=c1nc2n(Cc3ccc(Cl)nc3)cccc-2n1-c1nccs1. The van der Waals surface area contributed by atoms with Crippen molar-refractivity contribution in [3.8, 4) is 16.6 Å². The summed E-state index contributed by atoms with van der Waals surface area (Å²) in [7, 11) is 0. The van der Waals surface area contributed by atoms with E-state index in [1.165, 1.54) is 15.9 Å². The Morgan fingerprint density at radius 1 is 1.22 bits per heavy atom. The van der Waals surface area contributed by atoms with Gasteiger partial charge in [-0.25, -0.2) is 19.3 Å². The lowest BCUT2D eigenvalue weighted by molar-refractivity contribution is 0.779. The summed E-state index contributed by atoms with van der Waals surface area (Å²) in [5.74, 6) is 0.614. The summed E-state index contributed by atoms with van der Waals surface area (Å²) in [6, 6.07) is 7.39. The van der Waals surface area contributed by atoms with E-state index in [0.29, 0.717) is 22.7 Å². The quantitative estimate of drug-likeness (QED) is 0.536. The second-order valence-electron chi connectivity index (χ2n) is 4.88. The normalized spacial score (nSPS) is 11.2. The van der Waals surface area contributed by atoms with Crippen molar-refractivity contribution in [2.75, 3.05) is 0 Å². The van der Waals surface area contributed by atoms with E-state index in [4.69, 9.17) is 11.6 Å². The van der Waals surface area contributed by atoms with E-state index in [1.54, 1.807) is 18.5 Å². The van der Waals surface area contributed by atoms with Crippen LogP contribution in [0.1, 0.15) is 5.56 Å². The smallest absolute Gasteiger partial charge is 0.327 e. The lowest BCUT2D eigenvalue weighted by Gasteiger charge is -2.11. The van der Waals surface area contributed by atoms with Crippen molar-refractivity contribution >= 4 is 22.9 Å². The van der Waals surface area contributed by atoms with Crippen LogP contribution in [0.15, 0.2) is 53.0 Å². The first-order valence-corrected chi connectivity index (χ1v) is 8.06. The third-order valence-electron chi connectivity index (χ3n) is 3.41. The molecule has 2 aromatic heterocycles. The topological polar surface area (TPSA) is 65.6 Å². The molecule has 0 saturated carbocycles. The Morgan fingerprint density at radius 3 is 2.87 bits per heavy atom. The minimum absolute atomic E-state index is 0.330. The lowest BCUT2D eigenvalue weighted by atomic mass is 10.2. The van der Waals surface area contributed by atoms with Gasteiger partial charge in [-0.05, 0) is 23.8 Å². The molecule has 0 unspecified atom stereocenters. The lowest BCUT2D eigenvalue weighted by Crippen LogP contribution is -2.13. The van der Waals surface area contributed by atoms with E-state index in [2.05, 4.69) is 15.0 Å². The van der Waals surface area contributed by atoms with Crippen LogP contribution in [0.4, 0.5) is 0 Å². The number of imidazole rings is 1. The Bertz CT molecular complexity index is 974. The zero-order valence-corrected chi connectivity index (χ0v) is 13.3. The van der Waals surface area contributed by atoms with E-state index in [-0.39, 0.29) is 5.69 Å². The zero-order valence-electron chi connectivity index (χ0n) is 11.8. The molecule has 0 saturated heterocycles. The maximum atomic E-state index is 12.3. The predicted molar refractivity (Wildman–Crippen MR) is 88.5 cm³/mol. The summed E-state index contributed by atoms with van der Waals surface area (Å²) in [5, 5.41) is 2.90. The predicted octanol–water partition coefficient (Wildman–Crippen LogP) is 2.69. The number of halogens is 1. The summed E-state index contributed by atoms with van der Waals surface area (Å²) < 4.78 is 3.43. The number of nitrogens with zero attached hydrogens (tertiary/aromatic N) is 5. The molecule has 0 radical (unpaired) electrons. The minimum Gasteiger partial charge on any atom is -0.327 e. The van der Waals surface area contributed by atoms with Crippen LogP contribution in [0.2, 0.25) is 5.15 Å². The highest BCUT2D eigenvalue weighted by Gasteiger charge is 2.19. The summed E-state index contributed by atoms with van der Waals surface area (Å²) >= 11 is 7.21. The summed E-state index contributed by atoms with van der Waals surface area (Å²) in [6.07, 6.45) is 5.27. The molecule has 0 bridgehead atoms. The van der Waals surface area contributed by atoms with E-state index in [1.807, 2.05) is 34.3 Å². The van der Waals surface area contributed by atoms with Gasteiger partial charge in [0.2, 0.25) is 0 Å². The monoisotopic (exact) mass is 343 g/mol. The van der Waals surface area contributed by atoms with Crippen LogP contribution in [0.25, 0.3) is 16.6 Å². The largest absolute Gasteiger partial charge is 0.356 e. The van der Waals surface area contributed by atoms with Gasteiger partial charge in [0.1, 0.15) is 5.15 Å². The number of fused-ring (bicyclic) bond motifs is 1. The van der Waals surface area contributed by atoms with Crippen LogP contribution < -0.4 is 5.69 Å². The van der Waals surface area contributed by atoms with E-state index >= 15 is 0 Å². The van der Waals surface area contributed by atoms with Crippen LogP contribution in [0, 0.1) is 0 Å². The maximum absolute atomic E-state index is 12.3. The molecule has 0 N–H and O–H groups in total. The molecule has 0 aliphatic carbocycles. The Morgan fingerprint density at radius 2 is 2.13 bits per heavy atom. The first kappa shape index (κ1) is 14.1. The summed E-state index contributed by atoms with van der Waals surface area (Å²) in [6.45, 7) is 0.551. The Hall–Kier alpha value is -2.51. The van der Waals surface area contributed by atoms with E-state index in [0.717, 1.165) is 11.3 Å². The van der Waals surface area contributed by atoms with Crippen molar-refractivity contribution in [3.05, 3.63) is 69.4 Å². The van der Waals surface area contributed by atoms with Gasteiger partial charge in [-0.1, -0.05) is 17.7 Å². The van der Waals surface area contributed by atoms with Gasteiger partial charge in [-0.2, -0.15) is 4.98 Å². The van der Waals surface area contributed by atoms with Crippen molar-refractivity contribution in [2.45, 2.75) is 6.54 Å². The van der Waals surface area contributed by atoms with Crippen molar-refractivity contribution in [3.63, 3.8) is 0 Å². The molecule has 0 atom stereocenters. The molecule has 0 amide bonds. The fourth-order valence-electron chi connectivity index (χ4n) is 2.41. The third-order valence-corrected chi connectivity index (χ3v) is 4.39. The zero-order chi connectivity index (χ0) is 15.8. The van der Waals surface area contributed by atoms with Crippen molar-refractivity contribution in [1.82, 2.24) is 24.1 Å². The van der Waals surface area contributed by atoms with Gasteiger partial charge >= 0.3 is 5.69 Å².